The molecule has 1 unspecified atom stereocenters. The molecule has 0 saturated carbocycles. The average Bonchev–Trinajstić information content (AvgIpc) is 2.96. The minimum atomic E-state index is -0.149. The van der Waals surface area contributed by atoms with Crippen LogP contribution in [0.5, 0.6) is 11.5 Å². The van der Waals surface area contributed by atoms with Crippen molar-refractivity contribution in [3.8, 4) is 11.5 Å². The Hall–Kier alpha value is -1.78. The van der Waals surface area contributed by atoms with Crippen LogP contribution in [0.25, 0.3) is 6.08 Å². The van der Waals surface area contributed by atoms with Crippen molar-refractivity contribution >= 4 is 22.0 Å². The Labute approximate surface area is 151 Å². The number of ether oxygens (including phenoxy) is 1. The Morgan fingerprint density at radius 2 is 1.92 bits per heavy atom. The second kappa shape index (κ2) is 5.64. The molecule has 0 aromatic heterocycles. The molecule has 2 aliphatic heterocycles. The molecule has 0 spiro atoms. The molecule has 2 heterocycles. The average molecular weight is 386 g/mol. The maximum absolute atomic E-state index is 6.28. The quantitative estimate of drug-likeness (QED) is 0.659. The van der Waals surface area contributed by atoms with Gasteiger partial charge in [-0.15, -0.1) is 5.06 Å². The summed E-state index contributed by atoms with van der Waals surface area (Å²) in [6.07, 6.45) is 4.15. The van der Waals surface area contributed by atoms with Gasteiger partial charge in [-0.05, 0) is 54.4 Å². The summed E-state index contributed by atoms with van der Waals surface area (Å²) in [5.74, 6) is 1.78. The van der Waals surface area contributed by atoms with Gasteiger partial charge in [0.2, 0.25) is 0 Å². The van der Waals surface area contributed by atoms with Crippen LogP contribution in [-0.4, -0.2) is 17.2 Å². The molecule has 0 aliphatic carbocycles. The van der Waals surface area contributed by atoms with Gasteiger partial charge in [0.15, 0.2) is 5.75 Å². The summed E-state index contributed by atoms with van der Waals surface area (Å²) in [5, 5.41) is 2.07. The highest BCUT2D eigenvalue weighted by atomic mass is 79.9. The van der Waals surface area contributed by atoms with Crippen molar-refractivity contribution in [1.82, 2.24) is 5.06 Å². The molecule has 2 aliphatic rings. The summed E-state index contributed by atoms with van der Waals surface area (Å²) in [7, 11) is 0. The lowest BCUT2D eigenvalue weighted by molar-refractivity contribution is -0.129. The zero-order valence-electron chi connectivity index (χ0n) is 14.0. The van der Waals surface area contributed by atoms with E-state index in [2.05, 4.69) is 78.2 Å². The second-order valence-electron chi connectivity index (χ2n) is 7.13. The third-order valence-electron chi connectivity index (χ3n) is 4.36. The van der Waals surface area contributed by atoms with Crippen molar-refractivity contribution in [3.05, 3.63) is 63.6 Å². The predicted octanol–water partition coefficient (Wildman–Crippen LogP) is 5.35. The topological polar surface area (TPSA) is 21.7 Å². The standard InChI is InChI=1S/C20H20BrNO2/c1-20(2,3)22-18(13-8-5-4-6-9-13)17-16(24-22)12-15(21)14-10-7-11-23-19(14)17/h4-10,12,18H,11H2,1-3H3. The number of hydrogen-bond donors (Lipinski definition) is 0. The lowest BCUT2D eigenvalue weighted by Crippen LogP contribution is -2.43. The van der Waals surface area contributed by atoms with Gasteiger partial charge in [0.25, 0.3) is 0 Å². The molecule has 2 aromatic rings. The van der Waals surface area contributed by atoms with Crippen molar-refractivity contribution in [2.45, 2.75) is 32.4 Å². The third kappa shape index (κ3) is 2.45. The van der Waals surface area contributed by atoms with Crippen molar-refractivity contribution in [3.63, 3.8) is 0 Å². The fourth-order valence-corrected chi connectivity index (χ4v) is 3.84. The van der Waals surface area contributed by atoms with E-state index in [4.69, 9.17) is 9.57 Å². The number of hydrogen-bond acceptors (Lipinski definition) is 3. The van der Waals surface area contributed by atoms with Gasteiger partial charge in [0, 0.05) is 15.6 Å². The smallest absolute Gasteiger partial charge is 0.157 e. The Morgan fingerprint density at radius 1 is 1.17 bits per heavy atom. The summed E-state index contributed by atoms with van der Waals surface area (Å²) in [5.41, 5.74) is 3.25. The van der Waals surface area contributed by atoms with Crippen LogP contribution in [0.3, 0.4) is 0 Å². The van der Waals surface area contributed by atoms with Crippen molar-refractivity contribution < 1.29 is 9.57 Å². The fourth-order valence-electron chi connectivity index (χ4n) is 3.32. The van der Waals surface area contributed by atoms with Gasteiger partial charge in [0.1, 0.15) is 18.4 Å². The van der Waals surface area contributed by atoms with Crippen LogP contribution in [0.4, 0.5) is 0 Å². The molecular formula is C20H20BrNO2. The molecule has 1 atom stereocenters. The van der Waals surface area contributed by atoms with Crippen LogP contribution in [0.2, 0.25) is 0 Å². The largest absolute Gasteiger partial charge is 0.488 e. The number of rotatable bonds is 1. The van der Waals surface area contributed by atoms with Crippen LogP contribution in [0.15, 0.2) is 46.9 Å². The van der Waals surface area contributed by atoms with E-state index in [1.165, 1.54) is 5.56 Å². The van der Waals surface area contributed by atoms with E-state index in [0.29, 0.717) is 6.61 Å². The van der Waals surface area contributed by atoms with Gasteiger partial charge in [-0.2, -0.15) is 0 Å². The molecule has 2 aromatic carbocycles. The van der Waals surface area contributed by atoms with Crippen molar-refractivity contribution in [2.75, 3.05) is 6.61 Å². The minimum absolute atomic E-state index is 0.00884. The van der Waals surface area contributed by atoms with Crippen LogP contribution in [0, 0.1) is 0 Å². The monoisotopic (exact) mass is 385 g/mol. The van der Waals surface area contributed by atoms with E-state index < -0.39 is 0 Å². The number of nitrogens with zero attached hydrogens (tertiary/aromatic N) is 1. The number of benzene rings is 2. The first-order valence-corrected chi connectivity index (χ1v) is 8.94. The fraction of sp³-hybridized carbons (Fsp3) is 0.300. The SMILES string of the molecule is CC(C)(C)N1Oc2cc(Br)c3c(c2C1c1ccccc1)OCC=C3. The molecule has 3 nitrogen and oxygen atoms in total. The zero-order chi connectivity index (χ0) is 16.9. The first-order chi connectivity index (χ1) is 11.5. The Kier molecular flexibility index (Phi) is 3.70. The van der Waals surface area contributed by atoms with Gasteiger partial charge in [-0.1, -0.05) is 36.4 Å². The molecule has 124 valence electrons. The van der Waals surface area contributed by atoms with E-state index in [0.717, 1.165) is 27.1 Å². The van der Waals surface area contributed by atoms with Gasteiger partial charge in [0.05, 0.1) is 5.56 Å². The predicted molar refractivity (Wildman–Crippen MR) is 99.2 cm³/mol. The third-order valence-corrected chi connectivity index (χ3v) is 5.02. The molecule has 0 fully saturated rings. The summed E-state index contributed by atoms with van der Waals surface area (Å²) >= 11 is 3.65. The van der Waals surface area contributed by atoms with Crippen molar-refractivity contribution in [1.29, 1.82) is 0 Å². The van der Waals surface area contributed by atoms with Gasteiger partial charge >= 0.3 is 0 Å². The lowest BCUT2D eigenvalue weighted by Gasteiger charge is -2.35. The minimum Gasteiger partial charge on any atom is -0.488 e. The highest BCUT2D eigenvalue weighted by Gasteiger charge is 2.43. The normalized spacial score (nSPS) is 19.4. The Morgan fingerprint density at radius 3 is 2.62 bits per heavy atom. The number of fused-ring (bicyclic) bond motifs is 3. The Balaban J connectivity index is 1.96. The molecule has 4 rings (SSSR count). The van der Waals surface area contributed by atoms with Crippen LogP contribution in [0.1, 0.15) is 43.5 Å². The summed E-state index contributed by atoms with van der Waals surface area (Å²) in [4.78, 5) is 6.28. The first-order valence-electron chi connectivity index (χ1n) is 8.15. The van der Waals surface area contributed by atoms with Crippen LogP contribution in [-0.2, 0) is 0 Å². The summed E-state index contributed by atoms with van der Waals surface area (Å²) in [6, 6.07) is 12.5. The zero-order valence-corrected chi connectivity index (χ0v) is 15.6. The Bertz CT molecular complexity index is 809. The summed E-state index contributed by atoms with van der Waals surface area (Å²) in [6.45, 7) is 7.08. The molecular weight excluding hydrogens is 366 g/mol. The molecule has 0 bridgehead atoms. The van der Waals surface area contributed by atoms with E-state index in [9.17, 15) is 0 Å². The van der Waals surface area contributed by atoms with Crippen LogP contribution >= 0.6 is 15.9 Å². The maximum Gasteiger partial charge on any atom is 0.157 e. The van der Waals surface area contributed by atoms with Gasteiger partial charge < -0.3 is 9.57 Å². The molecule has 4 heteroatoms. The maximum atomic E-state index is 6.28. The second-order valence-corrected chi connectivity index (χ2v) is 7.98. The van der Waals surface area contributed by atoms with Crippen molar-refractivity contribution in [2.24, 2.45) is 0 Å². The van der Waals surface area contributed by atoms with E-state index in [1.807, 2.05) is 12.1 Å². The lowest BCUT2D eigenvalue weighted by atomic mass is 9.92. The first kappa shape index (κ1) is 15.7. The summed E-state index contributed by atoms with van der Waals surface area (Å²) < 4.78 is 7.03. The number of halogens is 1. The van der Waals surface area contributed by atoms with Gasteiger partial charge in [-0.25, -0.2) is 0 Å². The molecule has 24 heavy (non-hydrogen) atoms. The van der Waals surface area contributed by atoms with E-state index >= 15 is 0 Å². The molecule has 0 saturated heterocycles. The number of hydroxylamine groups is 2. The molecule has 0 radical (unpaired) electrons. The van der Waals surface area contributed by atoms with Crippen LogP contribution < -0.4 is 9.57 Å². The highest BCUT2D eigenvalue weighted by molar-refractivity contribution is 9.10. The van der Waals surface area contributed by atoms with E-state index in [-0.39, 0.29) is 11.6 Å². The highest BCUT2D eigenvalue weighted by Crippen LogP contribution is 2.52. The van der Waals surface area contributed by atoms with E-state index in [1.54, 1.807) is 0 Å². The molecule has 0 amide bonds. The molecule has 0 N–H and O–H groups in total. The van der Waals surface area contributed by atoms with Gasteiger partial charge in [-0.3, -0.25) is 0 Å².